The fourth-order valence-electron chi connectivity index (χ4n) is 2.32. The molecule has 0 spiro atoms. The number of pyridine rings is 1. The van der Waals surface area contributed by atoms with Crippen LogP contribution >= 0.6 is 0 Å². The molecule has 2 heterocycles. The Morgan fingerprint density at radius 2 is 1.52 bits per heavy atom. The monoisotopic (exact) mass is 416 g/mol. The van der Waals surface area contributed by atoms with E-state index < -0.39 is 0 Å². The molecule has 0 saturated carbocycles. The normalized spacial score (nSPS) is 11.8. The highest BCUT2D eigenvalue weighted by atomic mass is 15.4. The zero-order valence-corrected chi connectivity index (χ0v) is 17.9. The summed E-state index contributed by atoms with van der Waals surface area (Å²) in [4.78, 5) is 20.8. The third kappa shape index (κ3) is 6.39. The minimum Gasteiger partial charge on any atom is -0.347 e. The van der Waals surface area contributed by atoms with E-state index in [1.165, 1.54) is 0 Å². The fraction of sp³-hybridized carbons (Fsp3) is 0.190. The number of hydrazone groups is 1. The van der Waals surface area contributed by atoms with Crippen LogP contribution in [0.1, 0.15) is 11.1 Å². The van der Waals surface area contributed by atoms with Crippen LogP contribution in [0.5, 0.6) is 0 Å². The average Bonchev–Trinajstić information content (AvgIpc) is 2.79. The van der Waals surface area contributed by atoms with Gasteiger partial charge < -0.3 is 9.80 Å². The molecule has 0 aliphatic carbocycles. The summed E-state index contributed by atoms with van der Waals surface area (Å²) in [5, 5.41) is 12.7. The van der Waals surface area contributed by atoms with E-state index in [2.05, 4.69) is 40.7 Å². The summed E-state index contributed by atoms with van der Waals surface area (Å²) in [7, 11) is 7.43. The van der Waals surface area contributed by atoms with Crippen LogP contribution in [0.2, 0.25) is 0 Å². The number of rotatable bonds is 7. The molecular weight excluding hydrogens is 392 g/mol. The second kappa shape index (κ2) is 10.5. The number of nitrogens with zero attached hydrogens (tertiary/aromatic N) is 9. The molecule has 2 aromatic heterocycles. The first-order valence-corrected chi connectivity index (χ1v) is 9.50. The van der Waals surface area contributed by atoms with Gasteiger partial charge in [-0.25, -0.2) is 5.43 Å². The van der Waals surface area contributed by atoms with Gasteiger partial charge in [0.05, 0.1) is 6.20 Å². The lowest BCUT2D eigenvalue weighted by molar-refractivity contribution is 0.913. The van der Waals surface area contributed by atoms with Crippen molar-refractivity contribution >= 4 is 29.8 Å². The largest absolute Gasteiger partial charge is 0.347 e. The fourth-order valence-corrected chi connectivity index (χ4v) is 2.32. The molecule has 3 aromatic rings. The standard InChI is InChI=1S/C21H24N10/c1-30(2)20-24-19(25-21(26-20)31(3)4)29-28-18(17-11-13-22-14-12-17)27-23-15-10-16-8-6-5-7-9-16/h5-15H,1-4H3,(H,24,25,26,29)/b15-10?,27-23?,28-18-. The zero-order valence-electron chi connectivity index (χ0n) is 17.9. The molecule has 1 N–H and O–H groups in total. The van der Waals surface area contributed by atoms with Gasteiger partial charge in [0, 0.05) is 46.1 Å². The lowest BCUT2D eigenvalue weighted by Crippen LogP contribution is -2.19. The summed E-state index contributed by atoms with van der Waals surface area (Å²) < 4.78 is 0. The predicted octanol–water partition coefficient (Wildman–Crippen LogP) is 3.30. The van der Waals surface area contributed by atoms with Gasteiger partial charge in [0.1, 0.15) is 0 Å². The lowest BCUT2D eigenvalue weighted by atomic mass is 10.2. The van der Waals surface area contributed by atoms with Crippen LogP contribution < -0.4 is 15.2 Å². The smallest absolute Gasteiger partial charge is 0.250 e. The number of hydrogen-bond acceptors (Lipinski definition) is 9. The summed E-state index contributed by atoms with van der Waals surface area (Å²) in [6, 6.07) is 13.4. The maximum absolute atomic E-state index is 4.39. The van der Waals surface area contributed by atoms with Crippen LogP contribution in [-0.4, -0.2) is 54.0 Å². The van der Waals surface area contributed by atoms with Crippen molar-refractivity contribution < 1.29 is 0 Å². The second-order valence-corrected chi connectivity index (χ2v) is 6.77. The Labute approximate surface area is 181 Å². The molecule has 0 unspecified atom stereocenters. The predicted molar refractivity (Wildman–Crippen MR) is 123 cm³/mol. The van der Waals surface area contributed by atoms with Crippen molar-refractivity contribution in [3.05, 3.63) is 72.2 Å². The number of benzene rings is 1. The molecule has 31 heavy (non-hydrogen) atoms. The molecule has 0 fully saturated rings. The van der Waals surface area contributed by atoms with E-state index in [-0.39, 0.29) is 0 Å². The number of amidine groups is 1. The SMILES string of the molecule is CN(C)c1nc(N/N=C(\N=NC=Cc2ccccc2)c2ccncc2)nc(N(C)C)n1. The number of azo groups is 1. The highest BCUT2D eigenvalue weighted by Gasteiger charge is 2.10. The molecule has 0 saturated heterocycles. The van der Waals surface area contributed by atoms with Crippen LogP contribution in [0, 0.1) is 0 Å². The van der Waals surface area contributed by atoms with E-state index in [1.807, 2.05) is 64.6 Å². The number of hydrogen-bond donors (Lipinski definition) is 1. The molecule has 0 amide bonds. The van der Waals surface area contributed by atoms with Gasteiger partial charge in [-0.1, -0.05) is 30.3 Å². The van der Waals surface area contributed by atoms with Gasteiger partial charge in [0.25, 0.3) is 0 Å². The Kier molecular flexibility index (Phi) is 7.30. The van der Waals surface area contributed by atoms with Crippen LogP contribution in [0.15, 0.2) is 76.4 Å². The van der Waals surface area contributed by atoms with Crippen LogP contribution in [0.3, 0.4) is 0 Å². The van der Waals surface area contributed by atoms with Gasteiger partial charge in [-0.05, 0) is 23.8 Å². The van der Waals surface area contributed by atoms with Crippen LogP contribution in [-0.2, 0) is 0 Å². The van der Waals surface area contributed by atoms with Crippen LogP contribution in [0.25, 0.3) is 6.08 Å². The number of anilines is 3. The molecule has 3 rings (SSSR count). The van der Waals surface area contributed by atoms with E-state index in [0.29, 0.717) is 23.7 Å². The summed E-state index contributed by atoms with van der Waals surface area (Å²) in [5.74, 6) is 1.67. The topological polar surface area (TPSA) is 107 Å². The lowest BCUT2D eigenvalue weighted by Gasteiger charge is -2.15. The average molecular weight is 416 g/mol. The molecule has 1 aromatic carbocycles. The highest BCUT2D eigenvalue weighted by Crippen LogP contribution is 2.14. The summed E-state index contributed by atoms with van der Waals surface area (Å²) >= 11 is 0. The Balaban J connectivity index is 1.86. The second-order valence-electron chi connectivity index (χ2n) is 6.77. The maximum atomic E-state index is 4.39. The van der Waals surface area contributed by atoms with Gasteiger partial charge in [-0.2, -0.15) is 25.2 Å². The van der Waals surface area contributed by atoms with E-state index >= 15 is 0 Å². The molecule has 10 nitrogen and oxygen atoms in total. The first-order valence-electron chi connectivity index (χ1n) is 9.50. The first-order chi connectivity index (χ1) is 15.0. The third-order valence-corrected chi connectivity index (χ3v) is 3.90. The Bertz CT molecular complexity index is 1030. The van der Waals surface area contributed by atoms with Crippen molar-refractivity contribution in [3.63, 3.8) is 0 Å². The summed E-state index contributed by atoms with van der Waals surface area (Å²) in [6.45, 7) is 0. The molecule has 0 bridgehead atoms. The third-order valence-electron chi connectivity index (χ3n) is 3.90. The van der Waals surface area contributed by atoms with Crippen molar-refractivity contribution in [2.45, 2.75) is 0 Å². The summed E-state index contributed by atoms with van der Waals surface area (Å²) in [5.41, 5.74) is 4.64. The highest BCUT2D eigenvalue weighted by molar-refractivity contribution is 5.99. The first kappa shape index (κ1) is 21.5. The Morgan fingerprint density at radius 3 is 2.13 bits per heavy atom. The summed E-state index contributed by atoms with van der Waals surface area (Å²) in [6.07, 6.45) is 6.80. The van der Waals surface area contributed by atoms with E-state index in [9.17, 15) is 0 Å². The van der Waals surface area contributed by atoms with Crippen molar-refractivity contribution in [1.29, 1.82) is 0 Å². The van der Waals surface area contributed by atoms with Gasteiger partial charge in [0.15, 0.2) is 0 Å². The molecular formula is C21H24N10. The Morgan fingerprint density at radius 1 is 0.871 bits per heavy atom. The number of nitrogens with one attached hydrogen (secondary N) is 1. The Hall–Kier alpha value is -4.21. The van der Waals surface area contributed by atoms with Gasteiger partial charge >= 0.3 is 0 Å². The van der Waals surface area contributed by atoms with E-state index in [0.717, 1.165) is 11.1 Å². The van der Waals surface area contributed by atoms with E-state index in [4.69, 9.17) is 0 Å². The van der Waals surface area contributed by atoms with Gasteiger partial charge in [-0.3, -0.25) is 4.98 Å². The molecule has 0 aliphatic heterocycles. The minimum atomic E-state index is 0.295. The number of aromatic nitrogens is 4. The van der Waals surface area contributed by atoms with Gasteiger partial charge in [0.2, 0.25) is 23.7 Å². The quantitative estimate of drug-likeness (QED) is 0.272. The van der Waals surface area contributed by atoms with Crippen molar-refractivity contribution in [3.8, 4) is 0 Å². The molecule has 0 aliphatic rings. The van der Waals surface area contributed by atoms with Crippen molar-refractivity contribution in [2.75, 3.05) is 43.4 Å². The van der Waals surface area contributed by atoms with Crippen molar-refractivity contribution in [1.82, 2.24) is 19.9 Å². The molecule has 158 valence electrons. The maximum Gasteiger partial charge on any atom is 0.250 e. The van der Waals surface area contributed by atoms with Gasteiger partial charge in [-0.15, -0.1) is 5.11 Å². The van der Waals surface area contributed by atoms with E-state index in [1.54, 1.807) is 40.5 Å². The van der Waals surface area contributed by atoms with Crippen LogP contribution in [0.4, 0.5) is 17.8 Å². The van der Waals surface area contributed by atoms with Crippen molar-refractivity contribution in [2.24, 2.45) is 15.3 Å². The zero-order chi connectivity index (χ0) is 22.1. The minimum absolute atomic E-state index is 0.295. The molecule has 0 radical (unpaired) electrons. The molecule has 10 heteroatoms. The molecule has 0 atom stereocenters.